The quantitative estimate of drug-likeness (QED) is 0.832. The summed E-state index contributed by atoms with van der Waals surface area (Å²) in [5.41, 5.74) is 1.61. The number of hydrogen-bond acceptors (Lipinski definition) is 3. The monoisotopic (exact) mass is 274 g/mol. The average molecular weight is 274 g/mol. The van der Waals surface area contributed by atoms with Crippen molar-refractivity contribution in [1.29, 1.82) is 5.26 Å². The second-order valence-electron chi connectivity index (χ2n) is 5.04. The molecule has 2 unspecified atom stereocenters. The molecule has 4 heteroatoms. The Kier molecular flexibility index (Phi) is 4.49. The molecule has 19 heavy (non-hydrogen) atoms. The topological polar surface area (TPSA) is 44.1 Å². The van der Waals surface area contributed by atoms with Gasteiger partial charge in [-0.1, -0.05) is 26.0 Å². The Morgan fingerprint density at radius 3 is 2.42 bits per heavy atom. The molecule has 0 aliphatic carbocycles. The van der Waals surface area contributed by atoms with Gasteiger partial charge >= 0.3 is 0 Å². The second kappa shape index (κ2) is 6.12. The molecule has 0 saturated carbocycles. The SMILES string of the molecule is CC1CN(C(=O)Cc2ccc(C#N)cc2)CC(C)S1. The lowest BCUT2D eigenvalue weighted by Crippen LogP contribution is -2.44. The molecule has 0 spiro atoms. The third-order valence-electron chi connectivity index (χ3n) is 3.21. The number of benzene rings is 1. The van der Waals surface area contributed by atoms with E-state index in [-0.39, 0.29) is 5.91 Å². The van der Waals surface area contributed by atoms with Crippen molar-refractivity contribution in [2.75, 3.05) is 13.1 Å². The van der Waals surface area contributed by atoms with E-state index in [2.05, 4.69) is 19.9 Å². The number of nitrogens with zero attached hydrogens (tertiary/aromatic N) is 2. The van der Waals surface area contributed by atoms with Crippen molar-refractivity contribution in [1.82, 2.24) is 4.90 Å². The molecular formula is C15H18N2OS. The van der Waals surface area contributed by atoms with Crippen molar-refractivity contribution in [3.05, 3.63) is 35.4 Å². The Morgan fingerprint density at radius 2 is 1.89 bits per heavy atom. The molecule has 1 aromatic rings. The smallest absolute Gasteiger partial charge is 0.227 e. The minimum atomic E-state index is 0.184. The highest BCUT2D eigenvalue weighted by Crippen LogP contribution is 2.25. The second-order valence-corrected chi connectivity index (χ2v) is 6.92. The summed E-state index contributed by atoms with van der Waals surface area (Å²) in [7, 11) is 0. The van der Waals surface area contributed by atoms with Gasteiger partial charge in [-0.15, -0.1) is 0 Å². The number of nitriles is 1. The van der Waals surface area contributed by atoms with Gasteiger partial charge in [-0.3, -0.25) is 4.79 Å². The summed E-state index contributed by atoms with van der Waals surface area (Å²) >= 11 is 1.94. The van der Waals surface area contributed by atoms with Crippen molar-refractivity contribution in [2.45, 2.75) is 30.8 Å². The normalized spacial score (nSPS) is 22.9. The van der Waals surface area contributed by atoms with E-state index < -0.39 is 0 Å². The molecule has 0 aromatic heterocycles. The van der Waals surface area contributed by atoms with Crippen molar-refractivity contribution < 1.29 is 4.79 Å². The molecule has 2 rings (SSSR count). The van der Waals surface area contributed by atoms with Crippen LogP contribution in [-0.2, 0) is 11.2 Å². The molecule has 1 aromatic carbocycles. The zero-order chi connectivity index (χ0) is 13.8. The van der Waals surface area contributed by atoms with Gasteiger partial charge in [0, 0.05) is 23.6 Å². The van der Waals surface area contributed by atoms with Gasteiger partial charge in [0.15, 0.2) is 0 Å². The summed E-state index contributed by atoms with van der Waals surface area (Å²) < 4.78 is 0. The number of thioether (sulfide) groups is 1. The first-order valence-electron chi connectivity index (χ1n) is 6.50. The standard InChI is InChI=1S/C15H18N2OS/c1-11-9-17(10-12(2)19-11)15(18)7-13-3-5-14(8-16)6-4-13/h3-6,11-12H,7,9-10H2,1-2H3. The van der Waals surface area contributed by atoms with Gasteiger partial charge in [0.1, 0.15) is 0 Å². The summed E-state index contributed by atoms with van der Waals surface area (Å²) in [5.74, 6) is 0.184. The first-order valence-corrected chi connectivity index (χ1v) is 7.45. The number of hydrogen-bond donors (Lipinski definition) is 0. The number of carbonyl (C=O) groups excluding carboxylic acids is 1. The molecule has 1 amide bonds. The summed E-state index contributed by atoms with van der Waals surface area (Å²) in [5, 5.41) is 9.76. The molecule has 0 radical (unpaired) electrons. The van der Waals surface area contributed by atoms with Gasteiger partial charge in [-0.25, -0.2) is 0 Å². The predicted molar refractivity (Wildman–Crippen MR) is 78.0 cm³/mol. The minimum Gasteiger partial charge on any atom is -0.340 e. The third kappa shape index (κ3) is 3.74. The molecule has 0 N–H and O–H groups in total. The van der Waals surface area contributed by atoms with Crippen LogP contribution in [0.1, 0.15) is 25.0 Å². The summed E-state index contributed by atoms with van der Waals surface area (Å²) in [6.07, 6.45) is 0.426. The van der Waals surface area contributed by atoms with E-state index in [1.807, 2.05) is 28.8 Å². The van der Waals surface area contributed by atoms with Gasteiger partial charge in [-0.05, 0) is 17.7 Å². The highest BCUT2D eigenvalue weighted by atomic mass is 32.2. The molecule has 1 aliphatic heterocycles. The lowest BCUT2D eigenvalue weighted by atomic mass is 10.1. The van der Waals surface area contributed by atoms with Crippen LogP contribution in [0.4, 0.5) is 0 Å². The molecular weight excluding hydrogens is 256 g/mol. The first-order chi connectivity index (χ1) is 9.08. The molecule has 3 nitrogen and oxygen atoms in total. The zero-order valence-corrected chi connectivity index (χ0v) is 12.1. The van der Waals surface area contributed by atoms with Crippen LogP contribution in [0, 0.1) is 11.3 Å². The first kappa shape index (κ1) is 14.0. The fourth-order valence-corrected chi connectivity index (χ4v) is 3.69. The van der Waals surface area contributed by atoms with Crippen LogP contribution in [0.15, 0.2) is 24.3 Å². The Balaban J connectivity index is 1.98. The Morgan fingerprint density at radius 1 is 1.32 bits per heavy atom. The van der Waals surface area contributed by atoms with E-state index in [9.17, 15) is 4.79 Å². The lowest BCUT2D eigenvalue weighted by molar-refractivity contribution is -0.130. The van der Waals surface area contributed by atoms with Crippen LogP contribution in [0.25, 0.3) is 0 Å². The van der Waals surface area contributed by atoms with Crippen LogP contribution in [0.3, 0.4) is 0 Å². The van der Waals surface area contributed by atoms with Gasteiger partial charge in [0.05, 0.1) is 18.1 Å². The van der Waals surface area contributed by atoms with Crippen LogP contribution in [-0.4, -0.2) is 34.4 Å². The van der Waals surface area contributed by atoms with E-state index in [4.69, 9.17) is 5.26 Å². The fraction of sp³-hybridized carbons (Fsp3) is 0.467. The van der Waals surface area contributed by atoms with E-state index in [0.29, 0.717) is 22.5 Å². The molecule has 2 atom stereocenters. The maximum absolute atomic E-state index is 12.3. The van der Waals surface area contributed by atoms with E-state index in [0.717, 1.165) is 18.7 Å². The maximum Gasteiger partial charge on any atom is 0.227 e. The summed E-state index contributed by atoms with van der Waals surface area (Å²) in [6.45, 7) is 6.01. The Bertz CT molecular complexity index is 482. The average Bonchev–Trinajstić information content (AvgIpc) is 2.38. The molecule has 1 aliphatic rings. The maximum atomic E-state index is 12.3. The van der Waals surface area contributed by atoms with Gasteiger partial charge in [0.25, 0.3) is 0 Å². The Labute approximate surface area is 118 Å². The summed E-state index contributed by atoms with van der Waals surface area (Å²) in [4.78, 5) is 14.2. The van der Waals surface area contributed by atoms with Gasteiger partial charge in [0.2, 0.25) is 5.91 Å². The molecule has 100 valence electrons. The minimum absolute atomic E-state index is 0.184. The highest BCUT2D eigenvalue weighted by Gasteiger charge is 2.25. The fourth-order valence-electron chi connectivity index (χ4n) is 2.37. The third-order valence-corrected chi connectivity index (χ3v) is 4.44. The lowest BCUT2D eigenvalue weighted by Gasteiger charge is -2.34. The van der Waals surface area contributed by atoms with Crippen LogP contribution < -0.4 is 0 Å². The van der Waals surface area contributed by atoms with E-state index in [1.54, 1.807) is 12.1 Å². The highest BCUT2D eigenvalue weighted by molar-refractivity contribution is 8.00. The van der Waals surface area contributed by atoms with Crippen LogP contribution in [0.5, 0.6) is 0 Å². The number of rotatable bonds is 2. The van der Waals surface area contributed by atoms with Crippen LogP contribution in [0.2, 0.25) is 0 Å². The Hall–Kier alpha value is -1.47. The van der Waals surface area contributed by atoms with Crippen molar-refractivity contribution in [3.63, 3.8) is 0 Å². The number of amides is 1. The molecule has 1 fully saturated rings. The zero-order valence-electron chi connectivity index (χ0n) is 11.3. The van der Waals surface area contributed by atoms with Crippen molar-refractivity contribution in [3.8, 4) is 6.07 Å². The van der Waals surface area contributed by atoms with Gasteiger partial charge < -0.3 is 4.90 Å². The summed E-state index contributed by atoms with van der Waals surface area (Å²) in [6, 6.07) is 9.34. The van der Waals surface area contributed by atoms with E-state index >= 15 is 0 Å². The molecule has 1 heterocycles. The van der Waals surface area contributed by atoms with Gasteiger partial charge in [-0.2, -0.15) is 17.0 Å². The largest absolute Gasteiger partial charge is 0.340 e. The van der Waals surface area contributed by atoms with Crippen molar-refractivity contribution in [2.24, 2.45) is 0 Å². The molecule has 1 saturated heterocycles. The molecule has 0 bridgehead atoms. The number of carbonyl (C=O) groups is 1. The predicted octanol–water partition coefficient (Wildman–Crippen LogP) is 2.45. The van der Waals surface area contributed by atoms with Crippen molar-refractivity contribution >= 4 is 17.7 Å². The van der Waals surface area contributed by atoms with Crippen LogP contribution >= 0.6 is 11.8 Å². The van der Waals surface area contributed by atoms with E-state index in [1.165, 1.54) is 0 Å².